The van der Waals surface area contributed by atoms with Crippen LogP contribution in [-0.2, 0) is 8.85 Å². The summed E-state index contributed by atoms with van der Waals surface area (Å²) in [6.07, 6.45) is 3.93. The lowest BCUT2D eigenvalue weighted by Gasteiger charge is -2.31. The Morgan fingerprint density at radius 1 is 1.24 bits per heavy atom. The van der Waals surface area contributed by atoms with Crippen molar-refractivity contribution >= 4 is 16.8 Å². The Hall–Kier alpha value is 0.314. The van der Waals surface area contributed by atoms with Gasteiger partial charge in [0.2, 0.25) is 0 Å². The molecule has 102 valence electrons. The van der Waals surface area contributed by atoms with Crippen LogP contribution in [0, 0.1) is 0 Å². The molecule has 3 nitrogen and oxygen atoms in total. The van der Waals surface area contributed by atoms with Gasteiger partial charge < -0.3 is 13.4 Å². The maximum atomic E-state index is 5.78. The van der Waals surface area contributed by atoms with E-state index >= 15 is 0 Å². The third-order valence-electron chi connectivity index (χ3n) is 4.19. The first-order valence-electron chi connectivity index (χ1n) is 6.79. The highest BCUT2D eigenvalue weighted by molar-refractivity contribution is 6.71. The number of hydrogen-bond acceptors (Lipinski definition) is 3. The van der Waals surface area contributed by atoms with Crippen LogP contribution in [0.2, 0.25) is 31.7 Å². The Labute approximate surface area is 109 Å². The van der Waals surface area contributed by atoms with Gasteiger partial charge in [-0.05, 0) is 57.7 Å². The lowest BCUT2D eigenvalue weighted by Crippen LogP contribution is -2.48. The van der Waals surface area contributed by atoms with Gasteiger partial charge in [-0.15, -0.1) is 0 Å². The molecular formula is C12H29NO2Si2. The highest BCUT2D eigenvalue weighted by atomic mass is 28.4. The maximum Gasteiger partial charge on any atom is 0.267 e. The van der Waals surface area contributed by atoms with Gasteiger partial charge in [0, 0.05) is 14.2 Å². The fraction of sp³-hybridized carbons (Fsp3) is 1.00. The van der Waals surface area contributed by atoms with Gasteiger partial charge in [0.1, 0.15) is 0 Å². The third-order valence-corrected chi connectivity index (χ3v) is 10.8. The zero-order chi connectivity index (χ0) is 12.9. The Bertz CT molecular complexity index is 239. The van der Waals surface area contributed by atoms with Gasteiger partial charge in [-0.1, -0.05) is 6.42 Å². The van der Waals surface area contributed by atoms with Crippen molar-refractivity contribution in [3.05, 3.63) is 0 Å². The van der Waals surface area contributed by atoms with E-state index < -0.39 is 16.8 Å². The summed E-state index contributed by atoms with van der Waals surface area (Å²) in [5, 5.41) is 0. The Morgan fingerprint density at radius 3 is 2.53 bits per heavy atom. The molecule has 0 N–H and O–H groups in total. The van der Waals surface area contributed by atoms with Crippen molar-refractivity contribution in [2.24, 2.45) is 0 Å². The molecule has 1 heterocycles. The van der Waals surface area contributed by atoms with E-state index in [4.69, 9.17) is 8.85 Å². The molecule has 5 heteroatoms. The van der Waals surface area contributed by atoms with Crippen LogP contribution in [-0.4, -0.2) is 48.7 Å². The molecule has 0 aromatic heterocycles. The van der Waals surface area contributed by atoms with Crippen LogP contribution in [0.25, 0.3) is 0 Å². The average Bonchev–Trinajstić information content (AvgIpc) is 2.67. The first-order chi connectivity index (χ1) is 7.93. The maximum absolute atomic E-state index is 5.78. The average molecular weight is 276 g/mol. The largest absolute Gasteiger partial charge is 0.420 e. The van der Waals surface area contributed by atoms with Gasteiger partial charge >= 0.3 is 0 Å². The number of nitrogens with zero attached hydrogens (tertiary/aromatic N) is 1. The Morgan fingerprint density at radius 2 is 1.94 bits per heavy atom. The van der Waals surface area contributed by atoms with E-state index in [2.05, 4.69) is 24.2 Å². The van der Waals surface area contributed by atoms with E-state index in [9.17, 15) is 0 Å². The van der Waals surface area contributed by atoms with Crippen LogP contribution in [0.1, 0.15) is 19.3 Å². The second kappa shape index (κ2) is 6.47. The van der Waals surface area contributed by atoms with Gasteiger partial charge in [-0.3, -0.25) is 0 Å². The van der Waals surface area contributed by atoms with Gasteiger partial charge in [-0.25, -0.2) is 0 Å². The van der Waals surface area contributed by atoms with Crippen molar-refractivity contribution in [2.75, 3.05) is 27.3 Å². The van der Waals surface area contributed by atoms with Crippen LogP contribution in [0.3, 0.4) is 0 Å². The van der Waals surface area contributed by atoms with Crippen molar-refractivity contribution in [3.63, 3.8) is 0 Å². The summed E-state index contributed by atoms with van der Waals surface area (Å²) in [5.74, 6) is 0. The zero-order valence-corrected chi connectivity index (χ0v) is 14.2. The highest BCUT2D eigenvalue weighted by Crippen LogP contribution is 2.26. The molecule has 0 amide bonds. The van der Waals surface area contributed by atoms with E-state index in [-0.39, 0.29) is 0 Å². The van der Waals surface area contributed by atoms with E-state index in [1.54, 1.807) is 0 Å². The number of hydrogen-bond donors (Lipinski definition) is 0. The molecule has 0 radical (unpaired) electrons. The minimum Gasteiger partial charge on any atom is -0.420 e. The van der Waals surface area contributed by atoms with Gasteiger partial charge in [-0.2, -0.15) is 0 Å². The highest BCUT2D eigenvalue weighted by Gasteiger charge is 2.39. The summed E-state index contributed by atoms with van der Waals surface area (Å²) >= 11 is 0. The van der Waals surface area contributed by atoms with Gasteiger partial charge in [0.05, 0.1) is 0 Å². The second-order valence-corrected chi connectivity index (χ2v) is 14.2. The van der Waals surface area contributed by atoms with Crippen LogP contribution in [0.5, 0.6) is 0 Å². The zero-order valence-electron chi connectivity index (χ0n) is 12.2. The molecule has 0 saturated carbocycles. The third kappa shape index (κ3) is 4.48. The lowest BCUT2D eigenvalue weighted by atomic mass is 10.3. The molecule has 0 spiro atoms. The topological polar surface area (TPSA) is 21.7 Å². The molecule has 0 aliphatic carbocycles. The first kappa shape index (κ1) is 15.4. The summed E-state index contributed by atoms with van der Waals surface area (Å²) in [5.41, 5.74) is 0. The SMILES string of the molecule is CO[Si](C)(C)CCCCN1CCC[Si]1(C)OC. The summed E-state index contributed by atoms with van der Waals surface area (Å²) in [6.45, 7) is 9.44. The predicted octanol–water partition coefficient (Wildman–Crippen LogP) is 3.04. The van der Waals surface area contributed by atoms with E-state index in [0.717, 1.165) is 0 Å². The summed E-state index contributed by atoms with van der Waals surface area (Å²) in [7, 11) is 0.940. The van der Waals surface area contributed by atoms with Crippen LogP contribution < -0.4 is 0 Å². The summed E-state index contributed by atoms with van der Waals surface area (Å²) in [4.78, 5) is 0. The quantitative estimate of drug-likeness (QED) is 0.526. The lowest BCUT2D eigenvalue weighted by molar-refractivity contribution is 0.312. The molecule has 1 aliphatic heterocycles. The Balaban J connectivity index is 2.23. The van der Waals surface area contributed by atoms with E-state index in [1.165, 1.54) is 44.4 Å². The molecule has 1 saturated heterocycles. The molecular weight excluding hydrogens is 246 g/mol. The standard InChI is InChI=1S/C12H29NO2Si2/c1-14-16(3,4)11-7-6-9-13-10-8-12-17(13,5)15-2/h6-12H2,1-5H3. The van der Waals surface area contributed by atoms with Crippen LogP contribution in [0.15, 0.2) is 0 Å². The van der Waals surface area contributed by atoms with Gasteiger partial charge in [0.15, 0.2) is 8.32 Å². The molecule has 1 unspecified atom stereocenters. The monoisotopic (exact) mass is 275 g/mol. The number of rotatable bonds is 7. The molecule has 1 atom stereocenters. The summed E-state index contributed by atoms with van der Waals surface area (Å²) in [6, 6.07) is 2.59. The number of unbranched alkanes of at least 4 members (excludes halogenated alkanes) is 1. The molecule has 0 aromatic carbocycles. The van der Waals surface area contributed by atoms with Crippen LogP contribution in [0.4, 0.5) is 0 Å². The van der Waals surface area contributed by atoms with Crippen LogP contribution >= 0.6 is 0 Å². The summed E-state index contributed by atoms with van der Waals surface area (Å²) < 4.78 is 14.0. The molecule has 0 bridgehead atoms. The van der Waals surface area contributed by atoms with Crippen molar-refractivity contribution in [1.29, 1.82) is 0 Å². The smallest absolute Gasteiger partial charge is 0.267 e. The predicted molar refractivity (Wildman–Crippen MR) is 78.2 cm³/mol. The minimum atomic E-state index is -1.48. The molecule has 0 aromatic rings. The molecule has 1 rings (SSSR count). The van der Waals surface area contributed by atoms with E-state index in [0.29, 0.717) is 0 Å². The molecule has 1 aliphatic rings. The van der Waals surface area contributed by atoms with Crippen molar-refractivity contribution in [3.8, 4) is 0 Å². The first-order valence-corrected chi connectivity index (χ1v) is 12.5. The normalized spacial score (nSPS) is 26.6. The van der Waals surface area contributed by atoms with Crippen molar-refractivity contribution in [1.82, 2.24) is 4.57 Å². The van der Waals surface area contributed by atoms with Crippen molar-refractivity contribution in [2.45, 2.75) is 51.0 Å². The molecule has 17 heavy (non-hydrogen) atoms. The second-order valence-electron chi connectivity index (χ2n) is 5.89. The van der Waals surface area contributed by atoms with Gasteiger partial charge in [0.25, 0.3) is 8.48 Å². The fourth-order valence-corrected chi connectivity index (χ4v) is 6.69. The minimum absolute atomic E-state index is 1.23. The molecule has 1 fully saturated rings. The van der Waals surface area contributed by atoms with E-state index in [1.807, 2.05) is 14.2 Å². The Kier molecular flexibility index (Phi) is 5.85. The van der Waals surface area contributed by atoms with Crippen molar-refractivity contribution < 1.29 is 8.85 Å². The fourth-order valence-electron chi connectivity index (χ4n) is 2.53.